The van der Waals surface area contributed by atoms with Gasteiger partial charge >= 0.3 is 24.4 Å². The van der Waals surface area contributed by atoms with Gasteiger partial charge in [0.1, 0.15) is 12.1 Å². The second-order valence-electron chi connectivity index (χ2n) is 9.17. The lowest BCUT2D eigenvalue weighted by molar-refractivity contribution is -0.143. The van der Waals surface area contributed by atoms with Gasteiger partial charge in [-0.25, -0.2) is 9.59 Å². The highest BCUT2D eigenvalue weighted by Gasteiger charge is 2.38. The van der Waals surface area contributed by atoms with Gasteiger partial charge in [-0.1, -0.05) is 60.7 Å². The van der Waals surface area contributed by atoms with Crippen molar-refractivity contribution in [2.45, 2.75) is 37.5 Å². The van der Waals surface area contributed by atoms with Crippen LogP contribution in [0.25, 0.3) is 0 Å². The van der Waals surface area contributed by atoms with E-state index in [1.54, 1.807) is 60.7 Å². The molecule has 0 saturated carbocycles. The van der Waals surface area contributed by atoms with Crippen LogP contribution < -0.4 is 5.32 Å². The Labute approximate surface area is 237 Å². The van der Waals surface area contributed by atoms with E-state index in [1.807, 2.05) is 0 Å². The molecular weight excluding hydrogens is 568 g/mol. The fraction of sp³-hybridized carbons (Fsp3) is 0.267. The smallest absolute Gasteiger partial charge is 0.416 e. The van der Waals surface area contributed by atoms with Crippen LogP contribution in [-0.2, 0) is 43.5 Å². The van der Waals surface area contributed by atoms with Crippen molar-refractivity contribution in [3.05, 3.63) is 119 Å². The van der Waals surface area contributed by atoms with Gasteiger partial charge in [-0.2, -0.15) is 26.3 Å². The molecule has 2 atom stereocenters. The quantitative estimate of drug-likeness (QED) is 0.151. The van der Waals surface area contributed by atoms with Gasteiger partial charge in [-0.3, -0.25) is 0 Å². The number of carbonyl (C=O) groups is 2. The minimum atomic E-state index is -5.04. The first-order chi connectivity index (χ1) is 19.7. The molecule has 3 rings (SSSR count). The fourth-order valence-electron chi connectivity index (χ4n) is 3.90. The summed E-state index contributed by atoms with van der Waals surface area (Å²) < 4.78 is 96.3. The fourth-order valence-corrected chi connectivity index (χ4v) is 3.90. The SMILES string of the molecule is COC(=O)C=C[C@](CO[C@H](C)c1cc(C(F)(F)F)cc(C(F)(F)F)c1)(NC(=O)OCc1ccccc1)c1ccccc1. The number of nitrogens with one attached hydrogen (secondary N) is 1. The number of alkyl halides is 6. The Morgan fingerprint density at radius 3 is 1.90 bits per heavy atom. The molecule has 6 nitrogen and oxygen atoms in total. The summed E-state index contributed by atoms with van der Waals surface area (Å²) in [6, 6.07) is 18.0. The number of benzene rings is 3. The summed E-state index contributed by atoms with van der Waals surface area (Å²) in [5.41, 5.74) is -4.00. The van der Waals surface area contributed by atoms with Crippen molar-refractivity contribution < 1.29 is 50.1 Å². The van der Waals surface area contributed by atoms with E-state index in [2.05, 4.69) is 10.1 Å². The van der Waals surface area contributed by atoms with E-state index in [0.717, 1.165) is 13.2 Å². The van der Waals surface area contributed by atoms with E-state index in [9.17, 15) is 35.9 Å². The van der Waals surface area contributed by atoms with E-state index in [4.69, 9.17) is 9.47 Å². The third kappa shape index (κ3) is 8.84. The molecule has 3 aromatic rings. The van der Waals surface area contributed by atoms with Crippen LogP contribution in [0.15, 0.2) is 91.0 Å². The zero-order valence-electron chi connectivity index (χ0n) is 22.5. The Morgan fingerprint density at radius 1 is 0.833 bits per heavy atom. The lowest BCUT2D eigenvalue weighted by Gasteiger charge is -2.33. The summed E-state index contributed by atoms with van der Waals surface area (Å²) in [7, 11) is 1.13. The number of alkyl carbamates (subject to hydrolysis) is 1. The number of amides is 1. The lowest BCUT2D eigenvalue weighted by atomic mass is 9.90. The Morgan fingerprint density at radius 2 is 1.38 bits per heavy atom. The maximum absolute atomic E-state index is 13.4. The molecule has 0 radical (unpaired) electrons. The summed E-state index contributed by atoms with van der Waals surface area (Å²) in [5, 5.41) is 2.63. The zero-order chi connectivity index (χ0) is 31.0. The molecule has 224 valence electrons. The van der Waals surface area contributed by atoms with Crippen LogP contribution in [0, 0.1) is 0 Å². The van der Waals surface area contributed by atoms with Crippen molar-refractivity contribution in [1.82, 2.24) is 5.32 Å². The summed E-state index contributed by atoms with van der Waals surface area (Å²) in [6.45, 7) is 0.632. The molecule has 1 N–H and O–H groups in total. The summed E-state index contributed by atoms with van der Waals surface area (Å²) in [5.74, 6) is -0.796. The average Bonchev–Trinajstić information content (AvgIpc) is 2.97. The molecule has 12 heteroatoms. The number of hydrogen-bond acceptors (Lipinski definition) is 5. The van der Waals surface area contributed by atoms with Gasteiger partial charge < -0.3 is 19.5 Å². The first-order valence-electron chi connectivity index (χ1n) is 12.5. The highest BCUT2D eigenvalue weighted by atomic mass is 19.4. The predicted octanol–water partition coefficient (Wildman–Crippen LogP) is 7.35. The van der Waals surface area contributed by atoms with Crippen LogP contribution in [0.3, 0.4) is 0 Å². The van der Waals surface area contributed by atoms with E-state index >= 15 is 0 Å². The van der Waals surface area contributed by atoms with Crippen molar-refractivity contribution in [2.24, 2.45) is 0 Å². The molecule has 0 aromatic heterocycles. The predicted molar refractivity (Wildman–Crippen MR) is 140 cm³/mol. The molecule has 0 aliphatic carbocycles. The third-order valence-electron chi connectivity index (χ3n) is 6.17. The first-order valence-corrected chi connectivity index (χ1v) is 12.5. The molecule has 0 aliphatic heterocycles. The number of ether oxygens (including phenoxy) is 3. The third-order valence-corrected chi connectivity index (χ3v) is 6.17. The summed E-state index contributed by atoms with van der Waals surface area (Å²) >= 11 is 0. The maximum atomic E-state index is 13.4. The second-order valence-corrected chi connectivity index (χ2v) is 9.17. The van der Waals surface area contributed by atoms with Crippen LogP contribution >= 0.6 is 0 Å². The van der Waals surface area contributed by atoms with E-state index in [-0.39, 0.29) is 12.7 Å². The van der Waals surface area contributed by atoms with Gasteiger partial charge in [-0.15, -0.1) is 0 Å². The van der Waals surface area contributed by atoms with Crippen molar-refractivity contribution in [1.29, 1.82) is 0 Å². The van der Waals surface area contributed by atoms with Crippen LogP contribution in [-0.4, -0.2) is 25.8 Å². The number of methoxy groups -OCH3 is 1. The number of carbonyl (C=O) groups excluding carboxylic acids is 2. The van der Waals surface area contributed by atoms with Crippen LogP contribution in [0.4, 0.5) is 31.1 Å². The largest absolute Gasteiger partial charge is 0.466 e. The average molecular weight is 596 g/mol. The molecule has 0 aliphatic rings. The summed E-state index contributed by atoms with van der Waals surface area (Å²) in [6.07, 6.45) is -10.1. The van der Waals surface area contributed by atoms with Crippen LogP contribution in [0.5, 0.6) is 0 Å². The molecule has 42 heavy (non-hydrogen) atoms. The Balaban J connectivity index is 1.98. The number of esters is 1. The van der Waals surface area contributed by atoms with Gasteiger partial charge in [0.05, 0.1) is 30.9 Å². The van der Waals surface area contributed by atoms with Gasteiger partial charge in [0, 0.05) is 6.08 Å². The van der Waals surface area contributed by atoms with Gasteiger partial charge in [0.25, 0.3) is 0 Å². The minimum absolute atomic E-state index is 0.0217. The van der Waals surface area contributed by atoms with Gasteiger partial charge in [0.15, 0.2) is 0 Å². The van der Waals surface area contributed by atoms with E-state index in [1.165, 1.54) is 13.0 Å². The highest BCUT2D eigenvalue weighted by molar-refractivity contribution is 5.82. The number of halogens is 6. The Hall–Kier alpha value is -4.32. The Bertz CT molecular complexity index is 1340. The number of hydrogen-bond donors (Lipinski definition) is 1. The van der Waals surface area contributed by atoms with Crippen molar-refractivity contribution in [3.8, 4) is 0 Å². The van der Waals surface area contributed by atoms with Crippen LogP contribution in [0.1, 0.15) is 40.8 Å². The van der Waals surface area contributed by atoms with Gasteiger partial charge in [-0.05, 0) is 47.9 Å². The molecule has 0 heterocycles. The van der Waals surface area contributed by atoms with Crippen molar-refractivity contribution >= 4 is 12.1 Å². The molecular formula is C30H27F6NO5. The Kier molecular flexibility index (Phi) is 10.4. The van der Waals surface area contributed by atoms with Crippen molar-refractivity contribution in [3.63, 3.8) is 0 Å². The molecule has 0 bridgehead atoms. The zero-order valence-corrected chi connectivity index (χ0v) is 22.5. The first kappa shape index (κ1) is 32.2. The molecule has 0 spiro atoms. The van der Waals surface area contributed by atoms with Gasteiger partial charge in [0.2, 0.25) is 0 Å². The number of rotatable bonds is 10. The standard InChI is InChI=1S/C30H27F6NO5/c1-20(22-15-24(29(31,32)33)17-25(16-22)30(34,35)36)42-19-28(14-13-26(38)40-2,23-11-7-4-8-12-23)37-27(39)41-18-21-9-5-3-6-10-21/h3-17,20H,18-19H2,1-2H3,(H,37,39)/t20-,28-/m1/s1. The molecule has 0 unspecified atom stereocenters. The van der Waals surface area contributed by atoms with Crippen LogP contribution in [0.2, 0.25) is 0 Å². The molecule has 0 saturated heterocycles. The van der Waals surface area contributed by atoms with E-state index < -0.39 is 59.4 Å². The normalized spacial score (nSPS) is 14.2. The molecule has 0 fully saturated rings. The summed E-state index contributed by atoms with van der Waals surface area (Å²) in [4.78, 5) is 25.0. The topological polar surface area (TPSA) is 73.9 Å². The highest BCUT2D eigenvalue weighted by Crippen LogP contribution is 2.38. The second kappa shape index (κ2) is 13.6. The maximum Gasteiger partial charge on any atom is 0.416 e. The molecule has 3 aromatic carbocycles. The van der Waals surface area contributed by atoms with E-state index in [0.29, 0.717) is 23.3 Å². The lowest BCUT2D eigenvalue weighted by Crippen LogP contribution is -2.48. The molecule has 1 amide bonds. The minimum Gasteiger partial charge on any atom is -0.466 e. The van der Waals surface area contributed by atoms with Crippen molar-refractivity contribution in [2.75, 3.05) is 13.7 Å². The monoisotopic (exact) mass is 595 g/mol.